The van der Waals surface area contributed by atoms with Gasteiger partial charge in [-0.2, -0.15) is 0 Å². The predicted molar refractivity (Wildman–Crippen MR) is 92.0 cm³/mol. The van der Waals surface area contributed by atoms with Crippen LogP contribution in [0.15, 0.2) is 53.0 Å². The molecule has 0 aromatic heterocycles. The van der Waals surface area contributed by atoms with Crippen molar-refractivity contribution < 1.29 is 4.79 Å². The molecule has 5 heteroatoms. The molecule has 0 bridgehead atoms. The van der Waals surface area contributed by atoms with Crippen molar-refractivity contribution in [2.75, 3.05) is 0 Å². The fourth-order valence-corrected chi connectivity index (χ4v) is 2.47. The zero-order valence-corrected chi connectivity index (χ0v) is 13.7. The van der Waals surface area contributed by atoms with E-state index in [1.807, 2.05) is 48.5 Å². The van der Waals surface area contributed by atoms with Crippen molar-refractivity contribution in [1.82, 2.24) is 5.32 Å². The van der Waals surface area contributed by atoms with Gasteiger partial charge in [0.1, 0.15) is 4.99 Å². The smallest absolute Gasteiger partial charge is 0.224 e. The van der Waals surface area contributed by atoms with E-state index in [9.17, 15) is 4.79 Å². The number of amides is 1. The molecule has 0 aliphatic rings. The van der Waals surface area contributed by atoms with Crippen molar-refractivity contribution in [2.24, 2.45) is 5.73 Å². The number of carbonyl (C=O) groups excluding carboxylic acids is 1. The second-order valence-electron chi connectivity index (χ2n) is 4.64. The highest BCUT2D eigenvalue weighted by atomic mass is 79.9. The quantitative estimate of drug-likeness (QED) is 0.804. The standard InChI is InChI=1S/C16H15BrN2OS/c17-14-3-1-2-12(8-14)10-19-15(20)9-11-4-6-13(7-5-11)16(18)21/h1-8H,9-10H2,(H2,18,21)(H,19,20). The Balaban J connectivity index is 1.88. The van der Waals surface area contributed by atoms with E-state index in [2.05, 4.69) is 21.2 Å². The lowest BCUT2D eigenvalue weighted by molar-refractivity contribution is -0.120. The summed E-state index contributed by atoms with van der Waals surface area (Å²) in [5.41, 5.74) is 8.34. The summed E-state index contributed by atoms with van der Waals surface area (Å²) < 4.78 is 1.00. The summed E-state index contributed by atoms with van der Waals surface area (Å²) in [6.45, 7) is 0.517. The van der Waals surface area contributed by atoms with Crippen LogP contribution in [0.3, 0.4) is 0 Å². The molecule has 0 aliphatic carbocycles. The summed E-state index contributed by atoms with van der Waals surface area (Å²) in [6, 6.07) is 15.3. The molecule has 0 saturated heterocycles. The predicted octanol–water partition coefficient (Wildman–Crippen LogP) is 2.94. The first kappa shape index (κ1) is 15.7. The van der Waals surface area contributed by atoms with Gasteiger partial charge in [0.15, 0.2) is 0 Å². The van der Waals surface area contributed by atoms with Gasteiger partial charge in [0, 0.05) is 16.6 Å². The van der Waals surface area contributed by atoms with Gasteiger partial charge in [-0.05, 0) is 23.3 Å². The minimum absolute atomic E-state index is 0.0157. The van der Waals surface area contributed by atoms with Crippen LogP contribution in [0.25, 0.3) is 0 Å². The Bertz CT molecular complexity index is 656. The van der Waals surface area contributed by atoms with Crippen LogP contribution in [0.1, 0.15) is 16.7 Å². The lowest BCUT2D eigenvalue weighted by Gasteiger charge is -2.06. The largest absolute Gasteiger partial charge is 0.389 e. The Hall–Kier alpha value is -1.72. The van der Waals surface area contributed by atoms with Crippen LogP contribution >= 0.6 is 28.1 Å². The van der Waals surface area contributed by atoms with Gasteiger partial charge in [-0.25, -0.2) is 0 Å². The summed E-state index contributed by atoms with van der Waals surface area (Å²) in [6.07, 6.45) is 0.339. The molecule has 21 heavy (non-hydrogen) atoms. The van der Waals surface area contributed by atoms with Crippen molar-refractivity contribution in [3.05, 3.63) is 69.7 Å². The Labute approximate surface area is 137 Å². The maximum Gasteiger partial charge on any atom is 0.224 e. The Morgan fingerprint density at radius 3 is 2.48 bits per heavy atom. The van der Waals surface area contributed by atoms with Crippen LogP contribution in [0, 0.1) is 0 Å². The van der Waals surface area contributed by atoms with Crippen LogP contribution in [0.2, 0.25) is 0 Å². The molecule has 0 heterocycles. The lowest BCUT2D eigenvalue weighted by atomic mass is 10.1. The molecule has 0 radical (unpaired) electrons. The number of benzene rings is 2. The van der Waals surface area contributed by atoms with Crippen molar-refractivity contribution in [3.8, 4) is 0 Å². The average Bonchev–Trinajstić information content (AvgIpc) is 2.46. The van der Waals surface area contributed by atoms with Gasteiger partial charge in [0.25, 0.3) is 0 Å². The van der Waals surface area contributed by atoms with Gasteiger partial charge in [-0.1, -0.05) is 64.5 Å². The fraction of sp³-hybridized carbons (Fsp3) is 0.125. The summed E-state index contributed by atoms with van der Waals surface area (Å²) in [5, 5.41) is 2.90. The number of nitrogens with two attached hydrogens (primary N) is 1. The molecule has 0 spiro atoms. The van der Waals surface area contributed by atoms with Crippen molar-refractivity contribution >= 4 is 39.0 Å². The normalized spacial score (nSPS) is 10.1. The minimum Gasteiger partial charge on any atom is -0.389 e. The Morgan fingerprint density at radius 2 is 1.86 bits per heavy atom. The van der Waals surface area contributed by atoms with Crippen molar-refractivity contribution in [2.45, 2.75) is 13.0 Å². The van der Waals surface area contributed by atoms with Crippen LogP contribution in [-0.2, 0) is 17.8 Å². The molecule has 3 N–H and O–H groups in total. The van der Waals surface area contributed by atoms with Crippen LogP contribution in [0.5, 0.6) is 0 Å². The van der Waals surface area contributed by atoms with E-state index in [1.54, 1.807) is 0 Å². The first-order chi connectivity index (χ1) is 10.0. The zero-order valence-electron chi connectivity index (χ0n) is 11.3. The highest BCUT2D eigenvalue weighted by molar-refractivity contribution is 9.10. The monoisotopic (exact) mass is 362 g/mol. The molecular weight excluding hydrogens is 348 g/mol. The first-order valence-electron chi connectivity index (χ1n) is 6.44. The van der Waals surface area contributed by atoms with Gasteiger partial charge in [-0.15, -0.1) is 0 Å². The second-order valence-corrected chi connectivity index (χ2v) is 6.00. The number of thiocarbonyl (C=S) groups is 1. The van der Waals surface area contributed by atoms with Gasteiger partial charge in [-0.3, -0.25) is 4.79 Å². The van der Waals surface area contributed by atoms with E-state index in [1.165, 1.54) is 0 Å². The lowest BCUT2D eigenvalue weighted by Crippen LogP contribution is -2.24. The third-order valence-corrected chi connectivity index (χ3v) is 3.71. The maximum atomic E-state index is 11.9. The molecule has 0 aliphatic heterocycles. The molecule has 0 saturated carbocycles. The Kier molecular flexibility index (Phi) is 5.47. The molecule has 1 amide bonds. The van der Waals surface area contributed by atoms with E-state index < -0.39 is 0 Å². The molecule has 3 nitrogen and oxygen atoms in total. The van der Waals surface area contributed by atoms with Crippen LogP contribution < -0.4 is 11.1 Å². The van der Waals surface area contributed by atoms with Crippen molar-refractivity contribution in [3.63, 3.8) is 0 Å². The molecule has 0 fully saturated rings. The number of carbonyl (C=O) groups is 1. The summed E-state index contributed by atoms with van der Waals surface area (Å²) >= 11 is 8.30. The zero-order chi connectivity index (χ0) is 15.2. The SMILES string of the molecule is NC(=S)c1ccc(CC(=O)NCc2cccc(Br)c2)cc1. The highest BCUT2D eigenvalue weighted by Crippen LogP contribution is 2.11. The second kappa shape index (κ2) is 7.33. The molecule has 108 valence electrons. The van der Waals surface area contributed by atoms with Crippen LogP contribution in [-0.4, -0.2) is 10.9 Å². The molecular formula is C16H15BrN2OS. The molecule has 2 aromatic carbocycles. The summed E-state index contributed by atoms with van der Waals surface area (Å²) in [5.74, 6) is -0.0157. The topological polar surface area (TPSA) is 55.1 Å². The number of nitrogens with one attached hydrogen (secondary N) is 1. The van der Waals surface area contributed by atoms with Gasteiger partial charge in [0.05, 0.1) is 6.42 Å². The molecule has 0 unspecified atom stereocenters. The first-order valence-corrected chi connectivity index (χ1v) is 7.64. The van der Waals surface area contributed by atoms with E-state index in [4.69, 9.17) is 18.0 Å². The highest BCUT2D eigenvalue weighted by Gasteiger charge is 2.04. The summed E-state index contributed by atoms with van der Waals surface area (Å²) in [7, 11) is 0. The van der Waals surface area contributed by atoms with Crippen molar-refractivity contribution in [1.29, 1.82) is 0 Å². The van der Waals surface area contributed by atoms with Crippen LogP contribution in [0.4, 0.5) is 0 Å². The molecule has 2 rings (SSSR count). The third kappa shape index (κ3) is 4.95. The Morgan fingerprint density at radius 1 is 1.14 bits per heavy atom. The number of halogens is 1. The van der Waals surface area contributed by atoms with Gasteiger partial charge in [0.2, 0.25) is 5.91 Å². The number of hydrogen-bond acceptors (Lipinski definition) is 2. The van der Waals surface area contributed by atoms with Gasteiger partial charge >= 0.3 is 0 Å². The van der Waals surface area contributed by atoms with Gasteiger partial charge < -0.3 is 11.1 Å². The van der Waals surface area contributed by atoms with E-state index >= 15 is 0 Å². The third-order valence-electron chi connectivity index (χ3n) is 2.98. The molecule has 2 aromatic rings. The molecule has 0 atom stereocenters. The average molecular weight is 363 g/mol. The number of hydrogen-bond donors (Lipinski definition) is 2. The van der Waals surface area contributed by atoms with E-state index in [0.29, 0.717) is 18.0 Å². The van der Waals surface area contributed by atoms with E-state index in [0.717, 1.165) is 21.2 Å². The fourth-order valence-electron chi connectivity index (χ4n) is 1.88. The number of rotatable bonds is 5. The maximum absolute atomic E-state index is 11.9. The summed E-state index contributed by atoms with van der Waals surface area (Å²) in [4.78, 5) is 12.3. The van der Waals surface area contributed by atoms with E-state index in [-0.39, 0.29) is 5.91 Å². The minimum atomic E-state index is -0.0157.